The van der Waals surface area contributed by atoms with Crippen LogP contribution in [0.5, 0.6) is 0 Å². The molecule has 1 N–H and O–H groups in total. The smallest absolute Gasteiger partial charge is 0.0700 e. The Morgan fingerprint density at radius 2 is 2.29 bits per heavy atom. The van der Waals surface area contributed by atoms with Crippen LogP contribution in [0, 0.1) is 5.92 Å². The van der Waals surface area contributed by atoms with Crippen LogP contribution in [0.2, 0.25) is 0 Å². The van der Waals surface area contributed by atoms with Gasteiger partial charge in [-0.05, 0) is 38.4 Å². The van der Waals surface area contributed by atoms with Gasteiger partial charge in [0.05, 0.1) is 12.7 Å². The van der Waals surface area contributed by atoms with E-state index in [4.69, 9.17) is 4.74 Å². The average Bonchev–Trinajstić information content (AvgIpc) is 2.16. The van der Waals surface area contributed by atoms with Crippen LogP contribution in [-0.2, 0) is 4.74 Å². The Morgan fingerprint density at radius 3 is 2.93 bits per heavy atom. The Labute approximate surface area is 86.8 Å². The number of hydrogen-bond acceptors (Lipinski definition) is 3. The molecule has 2 saturated heterocycles. The van der Waals surface area contributed by atoms with Gasteiger partial charge in [0, 0.05) is 13.1 Å². The molecule has 3 nitrogen and oxygen atoms in total. The zero-order valence-corrected chi connectivity index (χ0v) is 9.17. The minimum absolute atomic E-state index is 0.489. The summed E-state index contributed by atoms with van der Waals surface area (Å²) in [6.45, 7) is 9.17. The number of morpholine rings is 1. The topological polar surface area (TPSA) is 24.5 Å². The molecule has 0 saturated carbocycles. The van der Waals surface area contributed by atoms with Crippen LogP contribution >= 0.6 is 0 Å². The second-order valence-electron chi connectivity index (χ2n) is 4.51. The first kappa shape index (κ1) is 10.4. The fraction of sp³-hybridized carbons (Fsp3) is 1.00. The van der Waals surface area contributed by atoms with E-state index in [2.05, 4.69) is 17.1 Å². The van der Waals surface area contributed by atoms with Crippen molar-refractivity contribution in [3.05, 3.63) is 0 Å². The maximum Gasteiger partial charge on any atom is 0.0700 e. The number of rotatable bonds is 4. The summed E-state index contributed by atoms with van der Waals surface area (Å²) in [6.07, 6.45) is 3.01. The van der Waals surface area contributed by atoms with Gasteiger partial charge in [-0.2, -0.15) is 0 Å². The highest BCUT2D eigenvalue weighted by molar-refractivity contribution is 4.77. The van der Waals surface area contributed by atoms with Gasteiger partial charge in [-0.1, -0.05) is 6.92 Å². The number of nitrogens with one attached hydrogen (secondary N) is 1. The van der Waals surface area contributed by atoms with E-state index in [0.717, 1.165) is 32.0 Å². The first-order valence-electron chi connectivity index (χ1n) is 5.93. The highest BCUT2D eigenvalue weighted by Gasteiger charge is 2.21. The highest BCUT2D eigenvalue weighted by atomic mass is 16.5. The lowest BCUT2D eigenvalue weighted by atomic mass is 9.99. The van der Waals surface area contributed by atoms with Crippen molar-refractivity contribution < 1.29 is 4.74 Å². The summed E-state index contributed by atoms with van der Waals surface area (Å²) in [4.78, 5) is 2.57. The molecule has 0 aromatic heterocycles. The molecule has 2 aliphatic heterocycles. The molecule has 1 unspecified atom stereocenters. The average molecular weight is 198 g/mol. The van der Waals surface area contributed by atoms with Crippen molar-refractivity contribution in [3.8, 4) is 0 Å². The Bertz CT molecular complexity index is 171. The molecule has 1 atom stereocenters. The van der Waals surface area contributed by atoms with E-state index >= 15 is 0 Å². The summed E-state index contributed by atoms with van der Waals surface area (Å²) in [5.74, 6) is 0.943. The molecule has 2 fully saturated rings. The fourth-order valence-electron chi connectivity index (χ4n) is 2.15. The molecule has 2 heterocycles. The monoisotopic (exact) mass is 198 g/mol. The molecule has 2 rings (SSSR count). The quantitative estimate of drug-likeness (QED) is 0.720. The minimum Gasteiger partial charge on any atom is -0.376 e. The normalized spacial score (nSPS) is 30.2. The van der Waals surface area contributed by atoms with Gasteiger partial charge < -0.3 is 10.1 Å². The first-order valence-corrected chi connectivity index (χ1v) is 5.93. The maximum atomic E-state index is 5.65. The molecule has 2 aliphatic rings. The summed E-state index contributed by atoms with van der Waals surface area (Å²) in [5.41, 5.74) is 0. The largest absolute Gasteiger partial charge is 0.376 e. The molecule has 3 heteroatoms. The molecule has 0 radical (unpaired) electrons. The van der Waals surface area contributed by atoms with E-state index in [1.54, 1.807) is 0 Å². The van der Waals surface area contributed by atoms with E-state index in [1.165, 1.54) is 26.1 Å². The van der Waals surface area contributed by atoms with E-state index in [-0.39, 0.29) is 0 Å². The SMILES string of the molecule is CCC1CN(CCC2CNC2)CCO1. The Morgan fingerprint density at radius 1 is 1.43 bits per heavy atom. The lowest BCUT2D eigenvalue weighted by Gasteiger charge is -2.35. The van der Waals surface area contributed by atoms with Crippen LogP contribution in [-0.4, -0.2) is 50.3 Å². The molecule has 0 aromatic rings. The van der Waals surface area contributed by atoms with Gasteiger partial charge in [-0.15, -0.1) is 0 Å². The van der Waals surface area contributed by atoms with Crippen molar-refractivity contribution in [2.45, 2.75) is 25.9 Å². The molecule has 0 aliphatic carbocycles. The lowest BCUT2D eigenvalue weighted by molar-refractivity contribution is -0.0315. The van der Waals surface area contributed by atoms with Gasteiger partial charge in [0.1, 0.15) is 0 Å². The van der Waals surface area contributed by atoms with Crippen molar-refractivity contribution in [1.82, 2.24) is 10.2 Å². The summed E-state index contributed by atoms with van der Waals surface area (Å²) in [7, 11) is 0. The van der Waals surface area contributed by atoms with E-state index in [0.29, 0.717) is 6.10 Å². The second-order valence-corrected chi connectivity index (χ2v) is 4.51. The minimum atomic E-state index is 0.489. The highest BCUT2D eigenvalue weighted by Crippen LogP contribution is 2.12. The summed E-state index contributed by atoms with van der Waals surface area (Å²) in [6, 6.07) is 0. The standard InChI is InChI=1S/C11H22N2O/c1-2-11-9-13(5-6-14-11)4-3-10-7-12-8-10/h10-12H,2-9H2,1H3. The zero-order chi connectivity index (χ0) is 9.80. The molecule has 14 heavy (non-hydrogen) atoms. The Kier molecular flexibility index (Phi) is 3.79. The molecule has 0 bridgehead atoms. The summed E-state index contributed by atoms with van der Waals surface area (Å²) in [5, 5.41) is 3.33. The van der Waals surface area contributed by atoms with Gasteiger partial charge in [0.25, 0.3) is 0 Å². The van der Waals surface area contributed by atoms with Crippen molar-refractivity contribution in [2.75, 3.05) is 39.3 Å². The van der Waals surface area contributed by atoms with Crippen molar-refractivity contribution in [2.24, 2.45) is 5.92 Å². The summed E-state index contributed by atoms with van der Waals surface area (Å²) >= 11 is 0. The third kappa shape index (κ3) is 2.69. The van der Waals surface area contributed by atoms with E-state index in [1.807, 2.05) is 0 Å². The number of nitrogens with zero attached hydrogens (tertiary/aromatic N) is 1. The predicted molar refractivity (Wildman–Crippen MR) is 57.4 cm³/mol. The van der Waals surface area contributed by atoms with Crippen LogP contribution < -0.4 is 5.32 Å². The van der Waals surface area contributed by atoms with Gasteiger partial charge in [-0.25, -0.2) is 0 Å². The van der Waals surface area contributed by atoms with Crippen molar-refractivity contribution in [3.63, 3.8) is 0 Å². The van der Waals surface area contributed by atoms with E-state index < -0.39 is 0 Å². The molecule has 0 amide bonds. The van der Waals surface area contributed by atoms with Crippen LogP contribution in [0.25, 0.3) is 0 Å². The van der Waals surface area contributed by atoms with Gasteiger partial charge in [0.15, 0.2) is 0 Å². The number of hydrogen-bond donors (Lipinski definition) is 1. The van der Waals surface area contributed by atoms with Crippen LogP contribution in [0.3, 0.4) is 0 Å². The summed E-state index contributed by atoms with van der Waals surface area (Å²) < 4.78 is 5.65. The molecular weight excluding hydrogens is 176 g/mol. The number of ether oxygens (including phenoxy) is 1. The van der Waals surface area contributed by atoms with Gasteiger partial charge in [-0.3, -0.25) is 4.90 Å². The van der Waals surface area contributed by atoms with Gasteiger partial charge >= 0.3 is 0 Å². The predicted octanol–water partition coefficient (Wildman–Crippen LogP) is 0.707. The lowest BCUT2D eigenvalue weighted by Crippen LogP contribution is -2.46. The van der Waals surface area contributed by atoms with Crippen molar-refractivity contribution in [1.29, 1.82) is 0 Å². The van der Waals surface area contributed by atoms with E-state index in [9.17, 15) is 0 Å². The molecule has 0 spiro atoms. The second kappa shape index (κ2) is 5.10. The Hall–Kier alpha value is -0.120. The zero-order valence-electron chi connectivity index (χ0n) is 9.17. The molecular formula is C11H22N2O. The molecule has 0 aromatic carbocycles. The Balaban J connectivity index is 1.63. The van der Waals surface area contributed by atoms with Gasteiger partial charge in [0.2, 0.25) is 0 Å². The third-order valence-corrected chi connectivity index (χ3v) is 3.40. The fourth-order valence-corrected chi connectivity index (χ4v) is 2.15. The van der Waals surface area contributed by atoms with Crippen LogP contribution in [0.4, 0.5) is 0 Å². The first-order chi connectivity index (χ1) is 6.88. The maximum absolute atomic E-state index is 5.65. The van der Waals surface area contributed by atoms with Crippen LogP contribution in [0.15, 0.2) is 0 Å². The van der Waals surface area contributed by atoms with Crippen LogP contribution in [0.1, 0.15) is 19.8 Å². The third-order valence-electron chi connectivity index (χ3n) is 3.40. The molecule has 82 valence electrons. The van der Waals surface area contributed by atoms with Crippen molar-refractivity contribution >= 4 is 0 Å².